The first kappa shape index (κ1) is 38.6. The second kappa shape index (κ2) is 18.7. The summed E-state index contributed by atoms with van der Waals surface area (Å²) in [5.74, 6) is 2.09. The first-order valence-electron chi connectivity index (χ1n) is 18.8. The monoisotopic (exact) mass is 740 g/mol. The van der Waals surface area contributed by atoms with Crippen molar-refractivity contribution in [3.8, 4) is 28.4 Å². The van der Waals surface area contributed by atoms with Gasteiger partial charge in [0.1, 0.15) is 30.5 Å². The molecule has 3 aromatic carbocycles. The number of benzene rings is 3. The minimum Gasteiger partial charge on any atom is -0.493 e. The van der Waals surface area contributed by atoms with E-state index < -0.39 is 0 Å². The Balaban J connectivity index is 1.08. The molecule has 0 saturated carbocycles. The number of pyridine rings is 1. The molecule has 0 bridgehead atoms. The van der Waals surface area contributed by atoms with E-state index in [9.17, 15) is 4.79 Å². The summed E-state index contributed by atoms with van der Waals surface area (Å²) in [6, 6.07) is 20.3. The molecule has 3 heterocycles. The number of carbonyl (C=O) groups is 1. The standard InChI is InChI=1S/C43H53ClN4O5/c1-31-35(29-53-42-25-41(52-28-34-8-6-16-45-26-34)36(24-39(42)44)27-46-17-18-47-33(3)49)9-4-10-37(31)38-11-5-12-40(32(38)2)51-22-7-19-48-20-13-43(14-21-48)15-23-50-30-43/h4-6,8-12,16,24-26,46H,7,13-15,17-23,27-30H2,1-3H3,(H,47,49). The number of piperidine rings is 1. The van der Waals surface area contributed by atoms with Crippen LogP contribution in [0, 0.1) is 19.3 Å². The van der Waals surface area contributed by atoms with Gasteiger partial charge in [-0.2, -0.15) is 0 Å². The summed E-state index contributed by atoms with van der Waals surface area (Å²) in [4.78, 5) is 18.0. The number of nitrogens with zero attached hydrogens (tertiary/aromatic N) is 2. The van der Waals surface area contributed by atoms with E-state index in [1.165, 1.54) is 26.2 Å². The van der Waals surface area contributed by atoms with Crippen molar-refractivity contribution in [3.63, 3.8) is 0 Å². The van der Waals surface area contributed by atoms with Crippen LogP contribution in [0.4, 0.5) is 0 Å². The van der Waals surface area contributed by atoms with Crippen LogP contribution in [0.25, 0.3) is 11.1 Å². The first-order chi connectivity index (χ1) is 25.8. The van der Waals surface area contributed by atoms with Crippen molar-refractivity contribution in [1.29, 1.82) is 0 Å². The number of hydrogen-bond donors (Lipinski definition) is 2. The number of carbonyl (C=O) groups excluding carboxylic acids is 1. The molecule has 1 amide bonds. The molecular weight excluding hydrogens is 688 g/mol. The molecular formula is C43H53ClN4O5. The fourth-order valence-corrected chi connectivity index (χ4v) is 7.51. The zero-order valence-electron chi connectivity index (χ0n) is 31.3. The number of rotatable bonds is 17. The van der Waals surface area contributed by atoms with E-state index >= 15 is 0 Å². The highest BCUT2D eigenvalue weighted by Crippen LogP contribution is 2.39. The second-order valence-electron chi connectivity index (χ2n) is 14.4. The number of halogens is 1. The molecule has 0 aliphatic carbocycles. The fraction of sp³-hybridized carbons (Fsp3) is 0.442. The molecule has 282 valence electrons. The lowest BCUT2D eigenvalue weighted by atomic mass is 9.78. The molecule has 0 unspecified atom stereocenters. The lowest BCUT2D eigenvalue weighted by molar-refractivity contribution is -0.118. The average molecular weight is 741 g/mol. The molecule has 4 aromatic rings. The molecule has 2 fully saturated rings. The van der Waals surface area contributed by atoms with Crippen LogP contribution in [0.3, 0.4) is 0 Å². The summed E-state index contributed by atoms with van der Waals surface area (Å²) in [6.45, 7) is 14.1. The molecule has 1 aromatic heterocycles. The average Bonchev–Trinajstić information content (AvgIpc) is 3.62. The van der Waals surface area contributed by atoms with E-state index in [0.717, 1.165) is 84.0 Å². The van der Waals surface area contributed by atoms with Gasteiger partial charge in [0.25, 0.3) is 0 Å². The van der Waals surface area contributed by atoms with Crippen molar-refractivity contribution in [1.82, 2.24) is 20.5 Å². The van der Waals surface area contributed by atoms with Crippen LogP contribution in [0.2, 0.25) is 5.02 Å². The topological polar surface area (TPSA) is 94.2 Å². The molecule has 2 aliphatic rings. The Morgan fingerprint density at radius 1 is 0.887 bits per heavy atom. The molecule has 2 aliphatic heterocycles. The van der Waals surface area contributed by atoms with Crippen LogP contribution in [0.15, 0.2) is 73.1 Å². The van der Waals surface area contributed by atoms with Gasteiger partial charge in [0.05, 0.1) is 18.2 Å². The Kier molecular flexibility index (Phi) is 13.6. The summed E-state index contributed by atoms with van der Waals surface area (Å²) in [7, 11) is 0. The molecule has 0 atom stereocenters. The number of nitrogens with one attached hydrogen (secondary N) is 2. The third kappa shape index (κ3) is 10.5. The van der Waals surface area contributed by atoms with Gasteiger partial charge in [0, 0.05) is 69.3 Å². The Bertz CT molecular complexity index is 1800. The third-order valence-electron chi connectivity index (χ3n) is 10.6. The van der Waals surface area contributed by atoms with Crippen molar-refractivity contribution in [2.45, 2.75) is 66.2 Å². The fourth-order valence-electron chi connectivity index (χ4n) is 7.27. The number of ether oxygens (including phenoxy) is 4. The van der Waals surface area contributed by atoms with Crippen LogP contribution in [-0.4, -0.2) is 68.3 Å². The molecule has 0 radical (unpaired) electrons. The van der Waals surface area contributed by atoms with Gasteiger partial charge in [-0.1, -0.05) is 48.0 Å². The number of aromatic nitrogens is 1. The Morgan fingerprint density at radius 2 is 1.68 bits per heavy atom. The van der Waals surface area contributed by atoms with Gasteiger partial charge < -0.3 is 34.5 Å². The smallest absolute Gasteiger partial charge is 0.216 e. The summed E-state index contributed by atoms with van der Waals surface area (Å²) >= 11 is 6.80. The van der Waals surface area contributed by atoms with E-state index in [-0.39, 0.29) is 5.91 Å². The maximum atomic E-state index is 11.2. The minimum absolute atomic E-state index is 0.0576. The van der Waals surface area contributed by atoms with E-state index in [1.807, 2.05) is 24.3 Å². The van der Waals surface area contributed by atoms with Gasteiger partial charge in [0.15, 0.2) is 0 Å². The van der Waals surface area contributed by atoms with Crippen LogP contribution in [-0.2, 0) is 29.3 Å². The predicted molar refractivity (Wildman–Crippen MR) is 210 cm³/mol. The molecule has 6 rings (SSSR count). The summed E-state index contributed by atoms with van der Waals surface area (Å²) in [5.41, 5.74) is 7.95. The van der Waals surface area contributed by atoms with Gasteiger partial charge in [-0.25, -0.2) is 0 Å². The lowest BCUT2D eigenvalue weighted by Gasteiger charge is -2.38. The molecule has 53 heavy (non-hydrogen) atoms. The molecule has 9 nitrogen and oxygen atoms in total. The van der Waals surface area contributed by atoms with E-state index in [2.05, 4.69) is 70.8 Å². The van der Waals surface area contributed by atoms with Crippen LogP contribution in [0.5, 0.6) is 17.2 Å². The third-order valence-corrected chi connectivity index (χ3v) is 10.9. The molecule has 2 saturated heterocycles. The van der Waals surface area contributed by atoms with Gasteiger partial charge in [-0.05, 0) is 104 Å². The quantitative estimate of drug-likeness (QED) is 0.107. The largest absolute Gasteiger partial charge is 0.493 e. The SMILES string of the molecule is CC(=O)NCCNCc1cc(Cl)c(OCc2cccc(-c3cccc(OCCCN4CCC5(CCOC5)CC4)c3C)c2C)cc1OCc1cccnc1. The van der Waals surface area contributed by atoms with E-state index in [1.54, 1.807) is 12.4 Å². The Hall–Kier alpha value is -4.15. The van der Waals surface area contributed by atoms with Crippen molar-refractivity contribution in [2.24, 2.45) is 5.41 Å². The van der Waals surface area contributed by atoms with E-state index in [4.69, 9.17) is 30.5 Å². The zero-order chi connectivity index (χ0) is 37.0. The van der Waals surface area contributed by atoms with Gasteiger partial charge in [-0.15, -0.1) is 0 Å². The van der Waals surface area contributed by atoms with Crippen LogP contribution >= 0.6 is 11.6 Å². The predicted octanol–water partition coefficient (Wildman–Crippen LogP) is 7.67. The van der Waals surface area contributed by atoms with Crippen molar-refractivity contribution in [3.05, 3.63) is 106 Å². The van der Waals surface area contributed by atoms with Gasteiger partial charge >= 0.3 is 0 Å². The molecule has 2 N–H and O–H groups in total. The normalized spacial score (nSPS) is 15.4. The molecule has 10 heteroatoms. The minimum atomic E-state index is -0.0576. The van der Waals surface area contributed by atoms with Crippen molar-refractivity contribution >= 4 is 17.5 Å². The highest BCUT2D eigenvalue weighted by Gasteiger charge is 2.37. The van der Waals surface area contributed by atoms with E-state index in [0.29, 0.717) is 61.4 Å². The first-order valence-corrected chi connectivity index (χ1v) is 19.2. The Labute approximate surface area is 319 Å². The summed E-state index contributed by atoms with van der Waals surface area (Å²) in [5, 5.41) is 6.65. The number of amides is 1. The van der Waals surface area contributed by atoms with Crippen LogP contribution < -0.4 is 24.8 Å². The van der Waals surface area contributed by atoms with Crippen LogP contribution in [0.1, 0.15) is 60.4 Å². The van der Waals surface area contributed by atoms with Gasteiger partial charge in [0.2, 0.25) is 5.91 Å². The second-order valence-corrected chi connectivity index (χ2v) is 14.8. The summed E-state index contributed by atoms with van der Waals surface area (Å²) < 4.78 is 24.7. The molecule has 1 spiro atoms. The Morgan fingerprint density at radius 3 is 2.43 bits per heavy atom. The van der Waals surface area contributed by atoms with Crippen molar-refractivity contribution < 1.29 is 23.7 Å². The highest BCUT2D eigenvalue weighted by atomic mass is 35.5. The number of hydrogen-bond acceptors (Lipinski definition) is 8. The van der Waals surface area contributed by atoms with Gasteiger partial charge in [-0.3, -0.25) is 9.78 Å². The highest BCUT2D eigenvalue weighted by molar-refractivity contribution is 6.32. The summed E-state index contributed by atoms with van der Waals surface area (Å²) in [6.07, 6.45) is 8.26. The zero-order valence-corrected chi connectivity index (χ0v) is 32.1. The lowest BCUT2D eigenvalue weighted by Crippen LogP contribution is -2.41. The van der Waals surface area contributed by atoms with Crippen molar-refractivity contribution in [2.75, 3.05) is 52.5 Å². The maximum Gasteiger partial charge on any atom is 0.216 e. The number of likely N-dealkylation sites (tertiary alicyclic amines) is 1. The maximum absolute atomic E-state index is 11.2.